The van der Waals surface area contributed by atoms with Crippen LogP contribution in [0.4, 0.5) is 11.4 Å². The Balaban J connectivity index is 1.88. The van der Waals surface area contributed by atoms with Gasteiger partial charge in [-0.05, 0) is 35.9 Å². The van der Waals surface area contributed by atoms with E-state index in [9.17, 15) is 19.7 Å². The van der Waals surface area contributed by atoms with E-state index in [2.05, 4.69) is 5.32 Å². The summed E-state index contributed by atoms with van der Waals surface area (Å²) >= 11 is 11.5. The first-order valence-electron chi connectivity index (χ1n) is 7.19. The Labute approximate surface area is 158 Å². The highest BCUT2D eigenvalue weighted by Gasteiger charge is 2.12. The molecule has 0 fully saturated rings. The van der Waals surface area contributed by atoms with E-state index in [1.165, 1.54) is 24.3 Å². The molecular formula is C17H12Cl2N2O5. The molecule has 0 radical (unpaired) electrons. The second-order valence-electron chi connectivity index (χ2n) is 4.97. The van der Waals surface area contributed by atoms with Crippen LogP contribution in [0.25, 0.3) is 6.08 Å². The number of carbonyl (C=O) groups excluding carboxylic acids is 2. The van der Waals surface area contributed by atoms with Crippen molar-refractivity contribution in [1.82, 2.24) is 0 Å². The normalized spacial score (nSPS) is 10.5. The predicted molar refractivity (Wildman–Crippen MR) is 98.2 cm³/mol. The minimum Gasteiger partial charge on any atom is -0.452 e. The van der Waals surface area contributed by atoms with Gasteiger partial charge in [0, 0.05) is 22.9 Å². The van der Waals surface area contributed by atoms with E-state index >= 15 is 0 Å². The van der Waals surface area contributed by atoms with Gasteiger partial charge in [-0.15, -0.1) is 0 Å². The SMILES string of the molecule is O=C(COC(=O)/C=C/c1ccc(Cl)c([N+](=O)[O-])c1)Nc1cccc(Cl)c1. The van der Waals surface area contributed by atoms with Gasteiger partial charge in [0.1, 0.15) is 5.02 Å². The fraction of sp³-hybridized carbons (Fsp3) is 0.0588. The lowest BCUT2D eigenvalue weighted by molar-refractivity contribution is -0.384. The number of hydrogen-bond donors (Lipinski definition) is 1. The number of rotatable bonds is 6. The molecule has 2 aromatic carbocycles. The zero-order valence-corrected chi connectivity index (χ0v) is 14.7. The van der Waals surface area contributed by atoms with Crippen LogP contribution in [0, 0.1) is 10.1 Å². The van der Waals surface area contributed by atoms with Crippen LogP contribution in [0.3, 0.4) is 0 Å². The van der Waals surface area contributed by atoms with Crippen LogP contribution in [0.15, 0.2) is 48.5 Å². The molecule has 0 bridgehead atoms. The number of hydrogen-bond acceptors (Lipinski definition) is 5. The number of anilines is 1. The van der Waals surface area contributed by atoms with E-state index in [1.807, 2.05) is 0 Å². The fourth-order valence-electron chi connectivity index (χ4n) is 1.89. The summed E-state index contributed by atoms with van der Waals surface area (Å²) in [6.07, 6.45) is 2.38. The summed E-state index contributed by atoms with van der Waals surface area (Å²) in [7, 11) is 0. The Bertz CT molecular complexity index is 883. The monoisotopic (exact) mass is 394 g/mol. The number of nitro groups is 1. The van der Waals surface area contributed by atoms with Crippen molar-refractivity contribution >= 4 is 52.5 Å². The Morgan fingerprint density at radius 2 is 1.96 bits per heavy atom. The molecule has 0 heterocycles. The molecule has 7 nitrogen and oxygen atoms in total. The molecule has 0 aromatic heterocycles. The number of nitrogens with one attached hydrogen (secondary N) is 1. The van der Waals surface area contributed by atoms with Crippen molar-refractivity contribution in [2.24, 2.45) is 0 Å². The number of ether oxygens (including phenoxy) is 1. The van der Waals surface area contributed by atoms with Gasteiger partial charge in [-0.25, -0.2) is 4.79 Å². The van der Waals surface area contributed by atoms with Crippen molar-refractivity contribution in [3.63, 3.8) is 0 Å². The van der Waals surface area contributed by atoms with Gasteiger partial charge in [-0.2, -0.15) is 0 Å². The molecule has 0 unspecified atom stereocenters. The fourth-order valence-corrected chi connectivity index (χ4v) is 2.26. The molecule has 0 atom stereocenters. The van der Waals surface area contributed by atoms with Crippen molar-refractivity contribution in [3.05, 3.63) is 74.3 Å². The van der Waals surface area contributed by atoms with Gasteiger partial charge in [-0.3, -0.25) is 14.9 Å². The number of carbonyl (C=O) groups is 2. The third kappa shape index (κ3) is 5.87. The average Bonchev–Trinajstić information content (AvgIpc) is 2.59. The molecule has 0 aliphatic rings. The Hall–Kier alpha value is -2.90. The molecule has 1 N–H and O–H groups in total. The maximum atomic E-state index is 11.7. The number of nitrogens with zero attached hydrogens (tertiary/aromatic N) is 1. The summed E-state index contributed by atoms with van der Waals surface area (Å²) in [6.45, 7) is -0.490. The van der Waals surface area contributed by atoms with E-state index in [4.69, 9.17) is 27.9 Å². The van der Waals surface area contributed by atoms with Crippen LogP contribution in [-0.4, -0.2) is 23.4 Å². The van der Waals surface area contributed by atoms with Gasteiger partial charge in [0.05, 0.1) is 4.92 Å². The topological polar surface area (TPSA) is 98.5 Å². The summed E-state index contributed by atoms with van der Waals surface area (Å²) in [4.78, 5) is 33.5. The Morgan fingerprint density at radius 1 is 1.19 bits per heavy atom. The van der Waals surface area contributed by atoms with Crippen LogP contribution in [-0.2, 0) is 14.3 Å². The molecule has 9 heteroatoms. The van der Waals surface area contributed by atoms with Crippen LogP contribution in [0.1, 0.15) is 5.56 Å². The Kier molecular flexibility index (Phi) is 6.71. The molecular weight excluding hydrogens is 383 g/mol. The quantitative estimate of drug-likeness (QED) is 0.344. The van der Waals surface area contributed by atoms with Crippen molar-refractivity contribution in [2.45, 2.75) is 0 Å². The highest BCUT2D eigenvalue weighted by Crippen LogP contribution is 2.25. The highest BCUT2D eigenvalue weighted by molar-refractivity contribution is 6.32. The third-order valence-electron chi connectivity index (χ3n) is 3.03. The van der Waals surface area contributed by atoms with Crippen molar-refractivity contribution in [2.75, 3.05) is 11.9 Å². The Morgan fingerprint density at radius 3 is 2.65 bits per heavy atom. The van der Waals surface area contributed by atoms with Crippen molar-refractivity contribution in [3.8, 4) is 0 Å². The smallest absolute Gasteiger partial charge is 0.331 e. The first-order valence-corrected chi connectivity index (χ1v) is 7.95. The maximum absolute atomic E-state index is 11.7. The van der Waals surface area contributed by atoms with E-state index in [0.29, 0.717) is 16.3 Å². The predicted octanol–water partition coefficient (Wildman–Crippen LogP) is 4.10. The standard InChI is InChI=1S/C17H12Cl2N2O5/c18-12-2-1-3-13(9-12)20-16(22)10-26-17(23)7-5-11-4-6-14(19)15(8-11)21(24)25/h1-9H,10H2,(H,20,22)/b7-5+. The summed E-state index contributed by atoms with van der Waals surface area (Å²) in [6, 6.07) is 10.6. The van der Waals surface area contributed by atoms with Gasteiger partial charge in [-0.1, -0.05) is 35.3 Å². The average molecular weight is 395 g/mol. The van der Waals surface area contributed by atoms with Gasteiger partial charge in [0.25, 0.3) is 11.6 Å². The van der Waals surface area contributed by atoms with Crippen LogP contribution < -0.4 is 5.32 Å². The summed E-state index contributed by atoms with van der Waals surface area (Å²) in [5.74, 6) is -1.31. The van der Waals surface area contributed by atoms with Crippen LogP contribution in [0.5, 0.6) is 0 Å². The number of benzene rings is 2. The molecule has 0 saturated carbocycles. The van der Waals surface area contributed by atoms with Crippen LogP contribution >= 0.6 is 23.2 Å². The number of nitro benzene ring substituents is 1. The largest absolute Gasteiger partial charge is 0.452 e. The second kappa shape index (κ2) is 8.98. The zero-order valence-electron chi connectivity index (χ0n) is 13.1. The molecule has 2 aromatic rings. The van der Waals surface area contributed by atoms with Gasteiger partial charge in [0.2, 0.25) is 0 Å². The molecule has 1 amide bonds. The molecule has 2 rings (SSSR count). The lowest BCUT2D eigenvalue weighted by atomic mass is 10.2. The summed E-state index contributed by atoms with van der Waals surface area (Å²) in [5, 5.41) is 13.8. The number of esters is 1. The van der Waals surface area contributed by atoms with E-state index in [1.54, 1.807) is 24.3 Å². The summed E-state index contributed by atoms with van der Waals surface area (Å²) < 4.78 is 4.80. The van der Waals surface area contributed by atoms with E-state index in [-0.39, 0.29) is 10.7 Å². The van der Waals surface area contributed by atoms with Gasteiger partial charge in [0.15, 0.2) is 6.61 Å². The second-order valence-corrected chi connectivity index (χ2v) is 5.81. The number of amides is 1. The van der Waals surface area contributed by atoms with Gasteiger partial charge >= 0.3 is 5.97 Å². The lowest BCUT2D eigenvalue weighted by Crippen LogP contribution is -2.20. The molecule has 0 saturated heterocycles. The molecule has 26 heavy (non-hydrogen) atoms. The summed E-state index contributed by atoms with van der Waals surface area (Å²) in [5.41, 5.74) is 0.590. The van der Waals surface area contributed by atoms with Crippen LogP contribution in [0.2, 0.25) is 10.0 Å². The molecule has 0 aliphatic carbocycles. The van der Waals surface area contributed by atoms with Gasteiger partial charge < -0.3 is 10.1 Å². The lowest BCUT2D eigenvalue weighted by Gasteiger charge is -2.05. The van der Waals surface area contributed by atoms with E-state index in [0.717, 1.165) is 6.08 Å². The molecule has 134 valence electrons. The molecule has 0 aliphatic heterocycles. The number of halogens is 2. The zero-order chi connectivity index (χ0) is 19.1. The molecule has 0 spiro atoms. The first kappa shape index (κ1) is 19.4. The minimum absolute atomic E-state index is 0.00703. The highest BCUT2D eigenvalue weighted by atomic mass is 35.5. The van der Waals surface area contributed by atoms with Crippen molar-refractivity contribution < 1.29 is 19.2 Å². The third-order valence-corrected chi connectivity index (χ3v) is 3.59. The van der Waals surface area contributed by atoms with Crippen molar-refractivity contribution in [1.29, 1.82) is 0 Å². The van der Waals surface area contributed by atoms with E-state index < -0.39 is 23.4 Å². The first-order chi connectivity index (χ1) is 12.3. The maximum Gasteiger partial charge on any atom is 0.331 e. The minimum atomic E-state index is -0.774.